The maximum atomic E-state index is 12.0. The van der Waals surface area contributed by atoms with E-state index >= 15 is 0 Å². The lowest BCUT2D eigenvalue weighted by atomic mass is 9.96. The number of nitrogens with one attached hydrogen (secondary N) is 1. The van der Waals surface area contributed by atoms with Crippen LogP contribution in [-0.4, -0.2) is 18.1 Å². The van der Waals surface area contributed by atoms with Crippen molar-refractivity contribution in [1.82, 2.24) is 5.32 Å². The van der Waals surface area contributed by atoms with Crippen LogP contribution >= 0.6 is 0 Å². The minimum absolute atomic E-state index is 0.0942. The summed E-state index contributed by atoms with van der Waals surface area (Å²) in [6, 6.07) is 6.14. The van der Waals surface area contributed by atoms with Crippen LogP contribution in [0.4, 0.5) is 8.78 Å². The first-order valence-electron chi connectivity index (χ1n) is 6.50. The Morgan fingerprint density at radius 2 is 2.05 bits per heavy atom. The lowest BCUT2D eigenvalue weighted by molar-refractivity contribution is -0.126. The third-order valence-corrected chi connectivity index (χ3v) is 3.52. The predicted molar refractivity (Wildman–Crippen MR) is 70.2 cm³/mol. The Labute approximate surface area is 116 Å². The van der Waals surface area contributed by atoms with Gasteiger partial charge in [-0.15, -0.1) is 0 Å². The first-order chi connectivity index (χ1) is 9.39. The van der Waals surface area contributed by atoms with Gasteiger partial charge in [-0.25, -0.2) is 0 Å². The van der Waals surface area contributed by atoms with Crippen LogP contribution in [0.1, 0.15) is 25.3 Å². The van der Waals surface area contributed by atoms with E-state index in [0.29, 0.717) is 6.54 Å². The maximum Gasteiger partial charge on any atom is 0.387 e. The standard InChI is InChI=1S/C14H18F2N2O2/c1-14(17,10-4-5-10)12(19)18-8-9-2-6-11(7-3-9)20-13(15)16/h2-3,6-7,10,13H,4-5,8,17H2,1H3,(H,18,19). The molecule has 1 unspecified atom stereocenters. The van der Waals surface area contributed by atoms with Gasteiger partial charge in [-0.05, 0) is 43.4 Å². The Balaban J connectivity index is 1.86. The number of rotatable bonds is 6. The Hall–Kier alpha value is -1.69. The second kappa shape index (κ2) is 5.75. The zero-order chi connectivity index (χ0) is 14.8. The second-order valence-corrected chi connectivity index (χ2v) is 5.26. The molecule has 110 valence electrons. The first-order valence-corrected chi connectivity index (χ1v) is 6.50. The fourth-order valence-electron chi connectivity index (χ4n) is 2.03. The number of hydrogen-bond donors (Lipinski definition) is 2. The minimum atomic E-state index is -2.84. The zero-order valence-corrected chi connectivity index (χ0v) is 11.2. The normalized spacial score (nSPS) is 17.6. The molecule has 0 bridgehead atoms. The van der Waals surface area contributed by atoms with Crippen LogP contribution in [0.25, 0.3) is 0 Å². The lowest BCUT2D eigenvalue weighted by Gasteiger charge is -2.23. The Morgan fingerprint density at radius 1 is 1.45 bits per heavy atom. The van der Waals surface area contributed by atoms with E-state index in [4.69, 9.17) is 5.73 Å². The number of benzene rings is 1. The summed E-state index contributed by atoms with van der Waals surface area (Å²) >= 11 is 0. The number of nitrogens with two attached hydrogens (primary N) is 1. The van der Waals surface area contributed by atoms with E-state index in [1.54, 1.807) is 19.1 Å². The largest absolute Gasteiger partial charge is 0.435 e. The summed E-state index contributed by atoms with van der Waals surface area (Å²) in [6.45, 7) is -0.788. The Kier molecular flexibility index (Phi) is 4.23. The van der Waals surface area contributed by atoms with Crippen LogP contribution in [0.3, 0.4) is 0 Å². The molecule has 1 aromatic carbocycles. The molecule has 3 N–H and O–H groups in total. The van der Waals surface area contributed by atoms with Gasteiger partial charge in [0.1, 0.15) is 5.75 Å². The number of halogens is 2. The van der Waals surface area contributed by atoms with Crippen LogP contribution in [0.2, 0.25) is 0 Å². The van der Waals surface area contributed by atoms with Crippen LogP contribution in [0.5, 0.6) is 5.75 Å². The predicted octanol–water partition coefficient (Wildman–Crippen LogP) is 2.03. The molecule has 1 amide bonds. The number of hydrogen-bond acceptors (Lipinski definition) is 3. The van der Waals surface area contributed by atoms with Crippen molar-refractivity contribution < 1.29 is 18.3 Å². The van der Waals surface area contributed by atoms with Gasteiger partial charge in [-0.1, -0.05) is 12.1 Å². The molecule has 4 nitrogen and oxygen atoms in total. The quantitative estimate of drug-likeness (QED) is 0.840. The first kappa shape index (κ1) is 14.7. The van der Waals surface area contributed by atoms with Gasteiger partial charge >= 0.3 is 6.61 Å². The molecule has 1 aliphatic carbocycles. The van der Waals surface area contributed by atoms with Crippen molar-refractivity contribution in [3.63, 3.8) is 0 Å². The summed E-state index contributed by atoms with van der Waals surface area (Å²) in [5.41, 5.74) is 5.96. The van der Waals surface area contributed by atoms with Gasteiger partial charge in [-0.2, -0.15) is 8.78 Å². The number of alkyl halides is 2. The molecule has 20 heavy (non-hydrogen) atoms. The van der Waals surface area contributed by atoms with E-state index in [-0.39, 0.29) is 17.6 Å². The summed E-state index contributed by atoms with van der Waals surface area (Å²) in [4.78, 5) is 12.0. The average Bonchev–Trinajstić information content (AvgIpc) is 3.21. The highest BCUT2D eigenvalue weighted by atomic mass is 19.3. The summed E-state index contributed by atoms with van der Waals surface area (Å²) in [5.74, 6) is 0.161. The van der Waals surface area contributed by atoms with E-state index < -0.39 is 12.2 Å². The van der Waals surface area contributed by atoms with Crippen molar-refractivity contribution in [2.75, 3.05) is 0 Å². The molecule has 1 fully saturated rings. The van der Waals surface area contributed by atoms with Crippen molar-refractivity contribution >= 4 is 5.91 Å². The monoisotopic (exact) mass is 284 g/mol. The highest BCUT2D eigenvalue weighted by molar-refractivity contribution is 5.86. The van der Waals surface area contributed by atoms with Gasteiger partial charge in [0.2, 0.25) is 5.91 Å². The molecule has 0 heterocycles. The highest BCUT2D eigenvalue weighted by Gasteiger charge is 2.43. The van der Waals surface area contributed by atoms with Crippen molar-refractivity contribution in [3.05, 3.63) is 29.8 Å². The van der Waals surface area contributed by atoms with Gasteiger partial charge in [0.25, 0.3) is 0 Å². The van der Waals surface area contributed by atoms with Crippen molar-refractivity contribution in [2.45, 2.75) is 38.5 Å². The molecule has 0 aromatic heterocycles. The molecule has 0 aliphatic heterocycles. The molecule has 1 atom stereocenters. The molecule has 2 rings (SSSR count). The van der Waals surface area contributed by atoms with Crippen molar-refractivity contribution in [1.29, 1.82) is 0 Å². The molecule has 0 radical (unpaired) electrons. The topological polar surface area (TPSA) is 64.4 Å². The molecule has 1 aromatic rings. The molecule has 6 heteroatoms. The SMILES string of the molecule is CC(N)(C(=O)NCc1ccc(OC(F)F)cc1)C1CC1. The summed E-state index contributed by atoms with van der Waals surface area (Å²) in [5, 5.41) is 2.77. The second-order valence-electron chi connectivity index (χ2n) is 5.26. The number of carbonyl (C=O) groups is 1. The molecule has 1 aliphatic rings. The van der Waals surface area contributed by atoms with Crippen LogP contribution in [-0.2, 0) is 11.3 Å². The molecule has 0 saturated heterocycles. The summed E-state index contributed by atoms with van der Waals surface area (Å²) in [7, 11) is 0. The fraction of sp³-hybridized carbons (Fsp3) is 0.500. The minimum Gasteiger partial charge on any atom is -0.435 e. The van der Waals surface area contributed by atoms with Crippen molar-refractivity contribution in [2.24, 2.45) is 11.7 Å². The average molecular weight is 284 g/mol. The molecular formula is C14H18F2N2O2. The number of carbonyl (C=O) groups excluding carboxylic acids is 1. The number of ether oxygens (including phenoxy) is 1. The van der Waals surface area contributed by atoms with E-state index in [1.165, 1.54) is 12.1 Å². The van der Waals surface area contributed by atoms with Crippen molar-refractivity contribution in [3.8, 4) is 5.75 Å². The van der Waals surface area contributed by atoms with E-state index in [1.807, 2.05) is 0 Å². The van der Waals surface area contributed by atoms with Gasteiger partial charge in [-0.3, -0.25) is 4.79 Å². The fourth-order valence-corrected chi connectivity index (χ4v) is 2.03. The van der Waals surface area contributed by atoms with Crippen LogP contribution in [0.15, 0.2) is 24.3 Å². The molecule has 1 saturated carbocycles. The molecular weight excluding hydrogens is 266 g/mol. The third kappa shape index (κ3) is 3.66. The lowest BCUT2D eigenvalue weighted by Crippen LogP contribution is -2.53. The van der Waals surface area contributed by atoms with Gasteiger partial charge < -0.3 is 15.8 Å². The zero-order valence-electron chi connectivity index (χ0n) is 11.2. The van der Waals surface area contributed by atoms with Crippen LogP contribution < -0.4 is 15.8 Å². The van der Waals surface area contributed by atoms with Crippen LogP contribution in [0, 0.1) is 5.92 Å². The van der Waals surface area contributed by atoms with Gasteiger partial charge in [0, 0.05) is 6.54 Å². The highest BCUT2D eigenvalue weighted by Crippen LogP contribution is 2.38. The number of amides is 1. The third-order valence-electron chi connectivity index (χ3n) is 3.52. The van der Waals surface area contributed by atoms with E-state index in [9.17, 15) is 13.6 Å². The smallest absolute Gasteiger partial charge is 0.387 e. The Morgan fingerprint density at radius 3 is 2.55 bits per heavy atom. The Bertz CT molecular complexity index is 471. The summed E-state index contributed by atoms with van der Waals surface area (Å²) < 4.78 is 28.2. The van der Waals surface area contributed by atoms with Gasteiger partial charge in [0.15, 0.2) is 0 Å². The summed E-state index contributed by atoms with van der Waals surface area (Å²) in [6.07, 6.45) is 1.97. The van der Waals surface area contributed by atoms with Gasteiger partial charge in [0.05, 0.1) is 5.54 Å². The molecule has 0 spiro atoms. The maximum absolute atomic E-state index is 12.0. The van der Waals surface area contributed by atoms with E-state index in [2.05, 4.69) is 10.1 Å². The van der Waals surface area contributed by atoms with E-state index in [0.717, 1.165) is 18.4 Å².